The molecule has 0 saturated heterocycles. The van der Waals surface area contributed by atoms with Gasteiger partial charge in [-0.05, 0) is 29.6 Å². The van der Waals surface area contributed by atoms with Gasteiger partial charge >= 0.3 is 0 Å². The SMILES string of the molecule is CCC(C)CC(C)(C)C.CCCCC(C)(C)C. The Morgan fingerprint density at radius 2 is 1.29 bits per heavy atom. The summed E-state index contributed by atoms with van der Waals surface area (Å²) in [7, 11) is 0. The molecule has 0 aromatic carbocycles. The van der Waals surface area contributed by atoms with Crippen LogP contribution < -0.4 is 0 Å². The fourth-order valence-electron chi connectivity index (χ4n) is 1.90. The summed E-state index contributed by atoms with van der Waals surface area (Å²) < 4.78 is 0. The summed E-state index contributed by atoms with van der Waals surface area (Å²) in [6.07, 6.45) is 6.74. The van der Waals surface area contributed by atoms with Crippen molar-refractivity contribution in [2.75, 3.05) is 0 Å². The van der Waals surface area contributed by atoms with Crippen LogP contribution in [0.3, 0.4) is 0 Å². The van der Waals surface area contributed by atoms with E-state index in [1.54, 1.807) is 0 Å². The molecule has 0 N–H and O–H groups in total. The largest absolute Gasteiger partial charge is 0.0654 e. The van der Waals surface area contributed by atoms with Gasteiger partial charge in [0.15, 0.2) is 0 Å². The van der Waals surface area contributed by atoms with Crippen LogP contribution in [0.15, 0.2) is 0 Å². The summed E-state index contributed by atoms with van der Waals surface area (Å²) >= 11 is 0. The van der Waals surface area contributed by atoms with Crippen LogP contribution in [0, 0.1) is 16.7 Å². The third kappa shape index (κ3) is 21.8. The number of rotatable bonds is 4. The predicted molar refractivity (Wildman–Crippen MR) is 82.5 cm³/mol. The van der Waals surface area contributed by atoms with Crippen molar-refractivity contribution >= 4 is 0 Å². The first kappa shape index (κ1) is 19.3. The monoisotopic (exact) mass is 242 g/mol. The lowest BCUT2D eigenvalue weighted by Crippen LogP contribution is -2.09. The Labute approximate surface area is 112 Å². The molecule has 0 aliphatic rings. The minimum Gasteiger partial charge on any atom is -0.0654 e. The molecular formula is C17H38. The number of unbranched alkanes of at least 4 members (excludes halogenated alkanes) is 1. The van der Waals surface area contributed by atoms with Gasteiger partial charge in [-0.3, -0.25) is 0 Å². The van der Waals surface area contributed by atoms with E-state index >= 15 is 0 Å². The fourth-order valence-corrected chi connectivity index (χ4v) is 1.90. The molecule has 0 aromatic rings. The van der Waals surface area contributed by atoms with Crippen molar-refractivity contribution < 1.29 is 0 Å². The molecule has 0 saturated carbocycles. The third-order valence-electron chi connectivity index (χ3n) is 2.94. The average Bonchev–Trinajstić information content (AvgIpc) is 2.12. The van der Waals surface area contributed by atoms with Crippen LogP contribution in [0.4, 0.5) is 0 Å². The van der Waals surface area contributed by atoms with Crippen LogP contribution in [0.1, 0.15) is 94.4 Å². The highest BCUT2D eigenvalue weighted by Crippen LogP contribution is 2.25. The van der Waals surface area contributed by atoms with Crippen molar-refractivity contribution in [2.24, 2.45) is 16.7 Å². The molecule has 0 aliphatic heterocycles. The van der Waals surface area contributed by atoms with Gasteiger partial charge in [0.05, 0.1) is 0 Å². The maximum absolute atomic E-state index is 2.32. The lowest BCUT2D eigenvalue weighted by atomic mass is 9.84. The number of hydrogen-bond acceptors (Lipinski definition) is 0. The van der Waals surface area contributed by atoms with E-state index in [2.05, 4.69) is 62.3 Å². The second-order valence-electron chi connectivity index (χ2n) is 7.94. The summed E-state index contributed by atoms with van der Waals surface area (Å²) in [6.45, 7) is 20.6. The lowest BCUT2D eigenvalue weighted by Gasteiger charge is -2.21. The molecule has 0 nitrogen and oxygen atoms in total. The standard InChI is InChI=1S/C9H20.C8H18/c1-6-8(2)7-9(3,4)5;1-5-6-7-8(2,3)4/h8H,6-7H2,1-5H3;5-7H2,1-4H3. The van der Waals surface area contributed by atoms with Gasteiger partial charge in [-0.1, -0.05) is 81.6 Å². The maximum atomic E-state index is 2.32. The van der Waals surface area contributed by atoms with Crippen LogP contribution in [0.2, 0.25) is 0 Å². The zero-order valence-corrected chi connectivity index (χ0v) is 14.1. The normalized spacial score (nSPS) is 13.9. The van der Waals surface area contributed by atoms with Gasteiger partial charge in [0.25, 0.3) is 0 Å². The highest BCUT2D eigenvalue weighted by molar-refractivity contribution is 4.64. The molecule has 0 fully saturated rings. The molecule has 0 amide bonds. The van der Waals surface area contributed by atoms with Crippen molar-refractivity contribution in [1.29, 1.82) is 0 Å². The molecule has 17 heavy (non-hydrogen) atoms. The first-order chi connectivity index (χ1) is 7.52. The van der Waals surface area contributed by atoms with E-state index in [9.17, 15) is 0 Å². The summed E-state index contributed by atoms with van der Waals surface area (Å²) in [5.41, 5.74) is 1.07. The van der Waals surface area contributed by atoms with E-state index in [-0.39, 0.29) is 0 Å². The van der Waals surface area contributed by atoms with Gasteiger partial charge in [0.2, 0.25) is 0 Å². The molecule has 0 bridgehead atoms. The average molecular weight is 242 g/mol. The zero-order valence-electron chi connectivity index (χ0n) is 14.1. The summed E-state index contributed by atoms with van der Waals surface area (Å²) in [5.74, 6) is 0.894. The van der Waals surface area contributed by atoms with Gasteiger partial charge in [-0.25, -0.2) is 0 Å². The van der Waals surface area contributed by atoms with E-state index in [1.807, 2.05) is 0 Å². The first-order valence-electron chi connectivity index (χ1n) is 7.52. The minimum atomic E-state index is 0.523. The van der Waals surface area contributed by atoms with E-state index in [0.717, 1.165) is 5.92 Å². The molecule has 1 atom stereocenters. The van der Waals surface area contributed by atoms with Crippen molar-refractivity contribution in [3.8, 4) is 0 Å². The van der Waals surface area contributed by atoms with Gasteiger partial charge in [0, 0.05) is 0 Å². The zero-order chi connectivity index (χ0) is 14.1. The summed E-state index contributed by atoms with van der Waals surface area (Å²) in [4.78, 5) is 0. The Kier molecular flexibility index (Phi) is 10.2. The topological polar surface area (TPSA) is 0 Å². The molecule has 0 rings (SSSR count). The highest BCUT2D eigenvalue weighted by atomic mass is 14.2. The second kappa shape index (κ2) is 9.00. The van der Waals surface area contributed by atoms with Crippen LogP contribution >= 0.6 is 0 Å². The van der Waals surface area contributed by atoms with Gasteiger partial charge in [-0.15, -0.1) is 0 Å². The van der Waals surface area contributed by atoms with Gasteiger partial charge in [-0.2, -0.15) is 0 Å². The maximum Gasteiger partial charge on any atom is -0.0380 e. The molecule has 0 aromatic heterocycles. The van der Waals surface area contributed by atoms with Crippen LogP contribution in [-0.4, -0.2) is 0 Å². The molecule has 106 valence electrons. The number of hydrogen-bond donors (Lipinski definition) is 0. The molecular weight excluding hydrogens is 204 g/mol. The van der Waals surface area contributed by atoms with Gasteiger partial charge < -0.3 is 0 Å². The summed E-state index contributed by atoms with van der Waals surface area (Å²) in [5, 5.41) is 0. The minimum absolute atomic E-state index is 0.523. The van der Waals surface area contributed by atoms with E-state index in [1.165, 1.54) is 32.1 Å². The van der Waals surface area contributed by atoms with E-state index < -0.39 is 0 Å². The molecule has 0 aliphatic carbocycles. The van der Waals surface area contributed by atoms with E-state index in [0.29, 0.717) is 10.8 Å². The fraction of sp³-hybridized carbons (Fsp3) is 1.00. The Balaban J connectivity index is 0. The summed E-state index contributed by atoms with van der Waals surface area (Å²) in [6, 6.07) is 0. The lowest BCUT2D eigenvalue weighted by molar-refractivity contribution is 0.302. The van der Waals surface area contributed by atoms with E-state index in [4.69, 9.17) is 0 Å². The Morgan fingerprint density at radius 1 is 0.824 bits per heavy atom. The van der Waals surface area contributed by atoms with Crippen LogP contribution in [0.25, 0.3) is 0 Å². The molecule has 0 spiro atoms. The Hall–Kier alpha value is 0. The molecule has 0 radical (unpaired) electrons. The molecule has 0 heteroatoms. The highest BCUT2D eigenvalue weighted by Gasteiger charge is 2.13. The van der Waals surface area contributed by atoms with Gasteiger partial charge in [0.1, 0.15) is 0 Å². The van der Waals surface area contributed by atoms with Crippen LogP contribution in [-0.2, 0) is 0 Å². The third-order valence-corrected chi connectivity index (χ3v) is 2.94. The Morgan fingerprint density at radius 3 is 1.41 bits per heavy atom. The quantitative estimate of drug-likeness (QED) is 0.515. The first-order valence-corrected chi connectivity index (χ1v) is 7.52. The van der Waals surface area contributed by atoms with Crippen molar-refractivity contribution in [2.45, 2.75) is 94.4 Å². The van der Waals surface area contributed by atoms with Crippen molar-refractivity contribution in [3.63, 3.8) is 0 Å². The smallest absolute Gasteiger partial charge is 0.0380 e. The van der Waals surface area contributed by atoms with Crippen LogP contribution in [0.5, 0.6) is 0 Å². The Bertz CT molecular complexity index is 154. The van der Waals surface area contributed by atoms with Crippen molar-refractivity contribution in [1.82, 2.24) is 0 Å². The predicted octanol–water partition coefficient (Wildman–Crippen LogP) is 6.69. The van der Waals surface area contributed by atoms with Crippen molar-refractivity contribution in [3.05, 3.63) is 0 Å². The molecule has 0 heterocycles. The molecule has 1 unspecified atom stereocenters. The second-order valence-corrected chi connectivity index (χ2v) is 7.94.